The second-order valence-electron chi connectivity index (χ2n) is 3.41. The Morgan fingerprint density at radius 3 is 2.81 bits per heavy atom. The van der Waals surface area contributed by atoms with E-state index in [1.54, 1.807) is 11.3 Å². The Labute approximate surface area is 108 Å². The molecule has 0 spiro atoms. The van der Waals surface area contributed by atoms with Crippen LogP contribution in [-0.2, 0) is 0 Å². The molecule has 2 aromatic heterocycles. The van der Waals surface area contributed by atoms with Gasteiger partial charge in [-0.05, 0) is 30.0 Å². The highest BCUT2D eigenvalue weighted by Gasteiger charge is 2.07. The Bertz CT molecular complexity index is 582. The maximum Gasteiger partial charge on any atom is 0.114 e. The summed E-state index contributed by atoms with van der Waals surface area (Å²) in [5.74, 6) is 0. The van der Waals surface area contributed by atoms with Crippen LogP contribution in [0.3, 0.4) is 0 Å². The van der Waals surface area contributed by atoms with Crippen molar-refractivity contribution in [1.29, 1.82) is 0 Å². The van der Waals surface area contributed by atoms with E-state index in [9.17, 15) is 0 Å². The molecule has 5 heteroatoms. The summed E-state index contributed by atoms with van der Waals surface area (Å²) < 4.78 is 0.599. The molecule has 0 aliphatic rings. The van der Waals surface area contributed by atoms with Gasteiger partial charge in [0.15, 0.2) is 0 Å². The summed E-state index contributed by atoms with van der Waals surface area (Å²) in [5, 5.41) is 2.03. The van der Waals surface area contributed by atoms with E-state index >= 15 is 0 Å². The molecule has 0 aliphatic carbocycles. The second kappa shape index (κ2) is 4.45. The average Bonchev–Trinajstić information content (AvgIpc) is 2.73. The van der Waals surface area contributed by atoms with E-state index in [0.717, 1.165) is 21.7 Å². The Kier molecular flexibility index (Phi) is 3.18. The molecule has 0 radical (unpaired) electrons. The van der Waals surface area contributed by atoms with Gasteiger partial charge in [0, 0.05) is 5.56 Å². The molecular formula is C11H10N2S3. The van der Waals surface area contributed by atoms with E-state index < -0.39 is 0 Å². The summed E-state index contributed by atoms with van der Waals surface area (Å²) in [7, 11) is 0. The number of rotatable bonds is 2. The highest BCUT2D eigenvalue weighted by atomic mass is 32.1. The topological polar surface area (TPSA) is 41.8 Å². The van der Waals surface area contributed by atoms with Crippen LogP contribution in [-0.4, -0.2) is 9.97 Å². The standard InChI is InChI=1S/C11H10N2S3/c1-6-5-7(10(12)14)11(15)13-9(6)8-3-2-4-16-8/h2-5H,1H3,(H2,12,14)(H,13,15). The highest BCUT2D eigenvalue weighted by molar-refractivity contribution is 7.80. The number of pyridine rings is 1. The normalized spacial score (nSPS) is 10.3. The fourth-order valence-electron chi connectivity index (χ4n) is 1.49. The number of nitrogens with two attached hydrogens (primary N) is 1. The first-order valence-corrected chi connectivity index (χ1v) is 6.37. The number of aromatic nitrogens is 1. The molecule has 2 heterocycles. The number of H-pyrrole nitrogens is 1. The summed E-state index contributed by atoms with van der Waals surface area (Å²) in [6.07, 6.45) is 0. The molecule has 2 aromatic rings. The predicted octanol–water partition coefficient (Wildman–Crippen LogP) is 3.42. The first-order valence-electron chi connectivity index (χ1n) is 4.67. The van der Waals surface area contributed by atoms with Crippen LogP contribution in [0, 0.1) is 11.6 Å². The lowest BCUT2D eigenvalue weighted by Crippen LogP contribution is -2.11. The van der Waals surface area contributed by atoms with Crippen LogP contribution < -0.4 is 5.73 Å². The van der Waals surface area contributed by atoms with Crippen molar-refractivity contribution in [3.05, 3.63) is 39.3 Å². The number of thiophene rings is 1. The van der Waals surface area contributed by atoms with E-state index in [1.165, 1.54) is 0 Å². The molecule has 0 bridgehead atoms. The van der Waals surface area contributed by atoms with Gasteiger partial charge < -0.3 is 10.7 Å². The Morgan fingerprint density at radius 1 is 1.50 bits per heavy atom. The van der Waals surface area contributed by atoms with Gasteiger partial charge in [0.1, 0.15) is 9.63 Å². The molecule has 16 heavy (non-hydrogen) atoms. The smallest absolute Gasteiger partial charge is 0.114 e. The minimum Gasteiger partial charge on any atom is -0.389 e. The lowest BCUT2D eigenvalue weighted by atomic mass is 10.1. The summed E-state index contributed by atoms with van der Waals surface area (Å²) in [6, 6.07) is 6.01. The van der Waals surface area contributed by atoms with E-state index in [2.05, 4.69) is 11.1 Å². The molecule has 0 aliphatic heterocycles. The van der Waals surface area contributed by atoms with Crippen LogP contribution in [0.5, 0.6) is 0 Å². The van der Waals surface area contributed by atoms with Crippen LogP contribution in [0.2, 0.25) is 0 Å². The zero-order valence-corrected chi connectivity index (χ0v) is 11.1. The molecule has 0 saturated heterocycles. The molecule has 0 saturated carbocycles. The second-order valence-corrected chi connectivity index (χ2v) is 5.21. The number of nitrogens with one attached hydrogen (secondary N) is 1. The summed E-state index contributed by atoms with van der Waals surface area (Å²) in [6.45, 7) is 2.02. The first kappa shape index (κ1) is 11.4. The van der Waals surface area contributed by atoms with Gasteiger partial charge in [-0.2, -0.15) is 0 Å². The van der Waals surface area contributed by atoms with Gasteiger partial charge in [-0.15, -0.1) is 11.3 Å². The lowest BCUT2D eigenvalue weighted by molar-refractivity contribution is 1.25. The van der Waals surface area contributed by atoms with Crippen molar-refractivity contribution in [1.82, 2.24) is 4.98 Å². The van der Waals surface area contributed by atoms with Crippen molar-refractivity contribution in [2.45, 2.75) is 6.92 Å². The van der Waals surface area contributed by atoms with Gasteiger partial charge in [0.25, 0.3) is 0 Å². The fourth-order valence-corrected chi connectivity index (χ4v) is 2.78. The zero-order chi connectivity index (χ0) is 11.7. The van der Waals surface area contributed by atoms with E-state index in [4.69, 9.17) is 30.2 Å². The van der Waals surface area contributed by atoms with Crippen molar-refractivity contribution < 1.29 is 0 Å². The fraction of sp³-hybridized carbons (Fsp3) is 0.0909. The van der Waals surface area contributed by atoms with Gasteiger partial charge in [-0.25, -0.2) is 0 Å². The molecule has 0 fully saturated rings. The number of hydrogen-bond donors (Lipinski definition) is 2. The van der Waals surface area contributed by atoms with E-state index in [0.29, 0.717) is 9.63 Å². The highest BCUT2D eigenvalue weighted by Crippen LogP contribution is 2.26. The molecule has 3 N–H and O–H groups in total. The SMILES string of the molecule is Cc1cc(C(N)=S)c(=S)[nH]c1-c1cccs1. The van der Waals surface area contributed by atoms with Crippen LogP contribution in [0.1, 0.15) is 11.1 Å². The van der Waals surface area contributed by atoms with E-state index in [1.807, 2.05) is 24.4 Å². The number of aryl methyl sites for hydroxylation is 1. The third-order valence-electron chi connectivity index (χ3n) is 2.27. The monoisotopic (exact) mass is 266 g/mol. The van der Waals surface area contributed by atoms with Gasteiger partial charge >= 0.3 is 0 Å². The number of thiocarbonyl (C=S) groups is 1. The summed E-state index contributed by atoms with van der Waals surface area (Å²) >= 11 is 11.8. The van der Waals surface area contributed by atoms with Crippen molar-refractivity contribution >= 4 is 40.8 Å². The van der Waals surface area contributed by atoms with Crippen molar-refractivity contribution in [3.8, 4) is 10.6 Å². The average molecular weight is 266 g/mol. The molecule has 0 aromatic carbocycles. The Morgan fingerprint density at radius 2 is 2.25 bits per heavy atom. The quantitative estimate of drug-likeness (QED) is 0.818. The maximum absolute atomic E-state index is 5.60. The number of aromatic amines is 1. The van der Waals surface area contributed by atoms with Crippen molar-refractivity contribution in [3.63, 3.8) is 0 Å². The van der Waals surface area contributed by atoms with Crippen LogP contribution in [0.4, 0.5) is 0 Å². The molecule has 2 nitrogen and oxygen atoms in total. The van der Waals surface area contributed by atoms with Gasteiger partial charge in [0.2, 0.25) is 0 Å². The number of hydrogen-bond acceptors (Lipinski definition) is 3. The van der Waals surface area contributed by atoms with Gasteiger partial charge in [-0.1, -0.05) is 30.5 Å². The third kappa shape index (κ3) is 2.07. The molecule has 0 unspecified atom stereocenters. The third-order valence-corrected chi connectivity index (χ3v) is 3.70. The largest absolute Gasteiger partial charge is 0.389 e. The van der Waals surface area contributed by atoms with E-state index in [-0.39, 0.29) is 0 Å². The van der Waals surface area contributed by atoms with Gasteiger partial charge in [0.05, 0.1) is 10.6 Å². The molecule has 2 rings (SSSR count). The van der Waals surface area contributed by atoms with Crippen molar-refractivity contribution in [2.75, 3.05) is 0 Å². The van der Waals surface area contributed by atoms with Crippen molar-refractivity contribution in [2.24, 2.45) is 5.73 Å². The Balaban J connectivity index is 2.64. The van der Waals surface area contributed by atoms with Gasteiger partial charge in [-0.3, -0.25) is 0 Å². The Hall–Kier alpha value is -1.04. The molecule has 0 atom stereocenters. The van der Waals surface area contributed by atoms with Crippen LogP contribution >= 0.6 is 35.8 Å². The predicted molar refractivity (Wildman–Crippen MR) is 75.6 cm³/mol. The molecule has 82 valence electrons. The van der Waals surface area contributed by atoms with Crippen LogP contribution in [0.15, 0.2) is 23.6 Å². The van der Waals surface area contributed by atoms with Crippen LogP contribution in [0.25, 0.3) is 10.6 Å². The minimum atomic E-state index is 0.335. The molecular weight excluding hydrogens is 256 g/mol. The zero-order valence-electron chi connectivity index (χ0n) is 8.61. The summed E-state index contributed by atoms with van der Waals surface area (Å²) in [5.41, 5.74) is 8.48. The first-order chi connectivity index (χ1) is 7.59. The maximum atomic E-state index is 5.60. The summed E-state index contributed by atoms with van der Waals surface area (Å²) in [4.78, 5) is 4.69. The molecule has 0 amide bonds. The lowest BCUT2D eigenvalue weighted by Gasteiger charge is -2.07. The minimum absolute atomic E-state index is 0.335.